The monoisotopic (exact) mass is 340 g/mol. The van der Waals surface area contributed by atoms with Crippen molar-refractivity contribution in [3.8, 4) is 0 Å². The van der Waals surface area contributed by atoms with Crippen molar-refractivity contribution in [3.63, 3.8) is 0 Å². The second kappa shape index (κ2) is 9.96. The highest BCUT2D eigenvalue weighted by Crippen LogP contribution is 2.17. The van der Waals surface area contributed by atoms with Crippen LogP contribution in [0.1, 0.15) is 26.7 Å². The van der Waals surface area contributed by atoms with Gasteiger partial charge in [-0.15, -0.1) is 0 Å². The number of carbonyl (C=O) groups is 2. The Bertz CT molecular complexity index is 403. The Kier molecular flexibility index (Phi) is 7.94. The summed E-state index contributed by atoms with van der Waals surface area (Å²) in [6.07, 6.45) is 2.16. The molecule has 0 bridgehead atoms. The van der Waals surface area contributed by atoms with Crippen LogP contribution in [0.4, 0.5) is 0 Å². The van der Waals surface area contributed by atoms with Gasteiger partial charge in [0.05, 0.1) is 13.2 Å². The summed E-state index contributed by atoms with van der Waals surface area (Å²) in [5.74, 6) is -0.559. The van der Waals surface area contributed by atoms with Gasteiger partial charge in [0, 0.05) is 38.8 Å². The fourth-order valence-electron chi connectivity index (χ4n) is 3.22. The van der Waals surface area contributed by atoms with Crippen LogP contribution in [-0.2, 0) is 14.3 Å². The zero-order valence-electron chi connectivity index (χ0n) is 15.1. The van der Waals surface area contributed by atoms with E-state index in [1.807, 2.05) is 0 Å². The lowest BCUT2D eigenvalue weighted by Gasteiger charge is -2.34. The quantitative estimate of drug-likeness (QED) is 0.648. The van der Waals surface area contributed by atoms with E-state index in [2.05, 4.69) is 34.3 Å². The number of hydrogen-bond donors (Lipinski definition) is 2. The molecule has 2 heterocycles. The van der Waals surface area contributed by atoms with Crippen LogP contribution in [0, 0.1) is 5.92 Å². The molecule has 2 N–H and O–H groups in total. The molecular formula is C17H32N4O3. The summed E-state index contributed by atoms with van der Waals surface area (Å²) >= 11 is 0. The lowest BCUT2D eigenvalue weighted by Crippen LogP contribution is -2.46. The first-order chi connectivity index (χ1) is 11.6. The van der Waals surface area contributed by atoms with E-state index in [9.17, 15) is 9.59 Å². The van der Waals surface area contributed by atoms with Gasteiger partial charge in [0.25, 0.3) is 0 Å². The highest BCUT2D eigenvalue weighted by Gasteiger charge is 2.22. The molecule has 2 amide bonds. The smallest absolute Gasteiger partial charge is 0.309 e. The molecule has 0 aromatic rings. The molecule has 0 saturated carbocycles. The number of ether oxygens (including phenoxy) is 1. The molecule has 7 nitrogen and oxygen atoms in total. The maximum Gasteiger partial charge on any atom is 0.309 e. The molecule has 0 aliphatic carbocycles. The number of rotatable bonds is 6. The van der Waals surface area contributed by atoms with Crippen LogP contribution in [-0.4, -0.2) is 86.7 Å². The van der Waals surface area contributed by atoms with Crippen molar-refractivity contribution in [3.05, 3.63) is 0 Å². The van der Waals surface area contributed by atoms with Crippen LogP contribution in [0.25, 0.3) is 0 Å². The number of morpholine rings is 1. The normalized spacial score (nSPS) is 21.0. The van der Waals surface area contributed by atoms with Gasteiger partial charge < -0.3 is 20.3 Å². The van der Waals surface area contributed by atoms with E-state index in [0.29, 0.717) is 25.0 Å². The molecule has 2 aliphatic heterocycles. The summed E-state index contributed by atoms with van der Waals surface area (Å²) in [5.41, 5.74) is 0. The van der Waals surface area contributed by atoms with Gasteiger partial charge in [0.2, 0.25) is 0 Å². The molecule has 0 radical (unpaired) electrons. The Morgan fingerprint density at radius 3 is 2.29 bits per heavy atom. The third kappa shape index (κ3) is 6.37. The second-order valence-electron chi connectivity index (χ2n) is 6.99. The van der Waals surface area contributed by atoms with Gasteiger partial charge >= 0.3 is 11.8 Å². The van der Waals surface area contributed by atoms with Gasteiger partial charge in [-0.3, -0.25) is 14.5 Å². The summed E-state index contributed by atoms with van der Waals surface area (Å²) in [5, 5.41) is 5.48. The van der Waals surface area contributed by atoms with Crippen molar-refractivity contribution in [2.45, 2.75) is 32.7 Å². The lowest BCUT2D eigenvalue weighted by atomic mass is 9.96. The van der Waals surface area contributed by atoms with Gasteiger partial charge in [-0.05, 0) is 45.7 Å². The Morgan fingerprint density at radius 1 is 1.04 bits per heavy atom. The molecule has 24 heavy (non-hydrogen) atoms. The summed E-state index contributed by atoms with van der Waals surface area (Å²) in [6.45, 7) is 11.7. The maximum absolute atomic E-state index is 11.9. The fourth-order valence-corrected chi connectivity index (χ4v) is 3.22. The van der Waals surface area contributed by atoms with Crippen molar-refractivity contribution in [2.75, 3.05) is 59.0 Å². The van der Waals surface area contributed by atoms with E-state index >= 15 is 0 Å². The maximum atomic E-state index is 11.9. The van der Waals surface area contributed by atoms with Gasteiger partial charge in [0.1, 0.15) is 0 Å². The van der Waals surface area contributed by atoms with E-state index in [4.69, 9.17) is 4.74 Å². The van der Waals surface area contributed by atoms with Crippen molar-refractivity contribution < 1.29 is 14.3 Å². The predicted octanol–water partition coefficient (Wildman–Crippen LogP) is -0.329. The molecule has 0 aromatic carbocycles. The van der Waals surface area contributed by atoms with Gasteiger partial charge in [0.15, 0.2) is 0 Å². The Labute approximate surface area is 145 Å². The van der Waals surface area contributed by atoms with Gasteiger partial charge in [-0.25, -0.2) is 0 Å². The van der Waals surface area contributed by atoms with Crippen molar-refractivity contribution >= 4 is 11.8 Å². The average molecular weight is 340 g/mol. The Hall–Kier alpha value is -1.18. The molecule has 7 heteroatoms. The van der Waals surface area contributed by atoms with Crippen LogP contribution in [0.3, 0.4) is 0 Å². The van der Waals surface area contributed by atoms with Crippen molar-refractivity contribution in [1.82, 2.24) is 20.4 Å². The molecular weight excluding hydrogens is 308 g/mol. The highest BCUT2D eigenvalue weighted by molar-refractivity contribution is 6.35. The first-order valence-electron chi connectivity index (χ1n) is 9.16. The number of nitrogens with zero attached hydrogens (tertiary/aromatic N) is 2. The second-order valence-corrected chi connectivity index (χ2v) is 6.99. The number of nitrogens with one attached hydrogen (secondary N) is 2. The average Bonchev–Trinajstić information content (AvgIpc) is 2.60. The summed E-state index contributed by atoms with van der Waals surface area (Å²) in [6, 6.07) is 0.581. The van der Waals surface area contributed by atoms with Crippen LogP contribution in [0.15, 0.2) is 0 Å². The van der Waals surface area contributed by atoms with Crippen LogP contribution >= 0.6 is 0 Å². The minimum atomic E-state index is -0.525. The number of likely N-dealkylation sites (tertiary alicyclic amines) is 1. The molecule has 0 unspecified atom stereocenters. The zero-order chi connectivity index (χ0) is 17.4. The molecule has 0 spiro atoms. The van der Waals surface area contributed by atoms with Crippen LogP contribution in [0.5, 0.6) is 0 Å². The minimum Gasteiger partial charge on any atom is -0.379 e. The molecule has 2 saturated heterocycles. The van der Waals surface area contributed by atoms with Gasteiger partial charge in [-0.1, -0.05) is 0 Å². The minimum absolute atomic E-state index is 0.477. The SMILES string of the molecule is CC(C)N1CCC(CNC(=O)C(=O)NCCN2CCOCC2)CC1. The standard InChI is InChI=1S/C17H32N4O3/c1-14(2)21-6-3-15(4-7-21)13-19-17(23)16(22)18-5-8-20-9-11-24-12-10-20/h14-15H,3-13H2,1-2H3,(H,18,22)(H,19,23). The van der Waals surface area contributed by atoms with E-state index in [0.717, 1.165) is 58.8 Å². The third-order valence-corrected chi connectivity index (χ3v) is 4.95. The Balaban J connectivity index is 1.56. The zero-order valence-corrected chi connectivity index (χ0v) is 15.1. The summed E-state index contributed by atoms with van der Waals surface area (Å²) in [4.78, 5) is 28.4. The van der Waals surface area contributed by atoms with E-state index in [1.54, 1.807) is 0 Å². The molecule has 138 valence electrons. The first kappa shape index (κ1) is 19.1. The number of piperidine rings is 1. The van der Waals surface area contributed by atoms with Gasteiger partial charge in [-0.2, -0.15) is 0 Å². The number of carbonyl (C=O) groups excluding carboxylic acids is 2. The summed E-state index contributed by atoms with van der Waals surface area (Å²) in [7, 11) is 0. The fraction of sp³-hybridized carbons (Fsp3) is 0.882. The highest BCUT2D eigenvalue weighted by atomic mass is 16.5. The van der Waals surface area contributed by atoms with E-state index in [1.165, 1.54) is 0 Å². The third-order valence-electron chi connectivity index (χ3n) is 4.95. The predicted molar refractivity (Wildman–Crippen MR) is 92.7 cm³/mol. The van der Waals surface area contributed by atoms with Crippen LogP contribution in [0.2, 0.25) is 0 Å². The molecule has 2 rings (SSSR count). The van der Waals surface area contributed by atoms with Crippen LogP contribution < -0.4 is 10.6 Å². The first-order valence-corrected chi connectivity index (χ1v) is 9.16. The molecule has 2 aliphatic rings. The lowest BCUT2D eigenvalue weighted by molar-refractivity contribution is -0.139. The van der Waals surface area contributed by atoms with Crippen molar-refractivity contribution in [1.29, 1.82) is 0 Å². The molecule has 0 aromatic heterocycles. The largest absolute Gasteiger partial charge is 0.379 e. The topological polar surface area (TPSA) is 73.9 Å². The molecule has 0 atom stereocenters. The Morgan fingerprint density at radius 2 is 1.67 bits per heavy atom. The number of hydrogen-bond acceptors (Lipinski definition) is 5. The number of amides is 2. The van der Waals surface area contributed by atoms with Crippen molar-refractivity contribution in [2.24, 2.45) is 5.92 Å². The van der Waals surface area contributed by atoms with E-state index in [-0.39, 0.29) is 0 Å². The van der Waals surface area contributed by atoms with E-state index < -0.39 is 11.8 Å². The summed E-state index contributed by atoms with van der Waals surface area (Å²) < 4.78 is 5.28. The molecule has 2 fully saturated rings.